The highest BCUT2D eigenvalue weighted by atomic mass is 16.1. The molecular formula is C9H15NO. The Hall–Kier alpha value is -0.370. The molecule has 0 heterocycles. The van der Waals surface area contributed by atoms with Gasteiger partial charge in [-0.3, -0.25) is 4.79 Å². The van der Waals surface area contributed by atoms with Crippen LogP contribution in [0.5, 0.6) is 0 Å². The number of carbonyl (C=O) groups excluding carboxylic acids is 1. The quantitative estimate of drug-likeness (QED) is 0.608. The number of nitrogens with one attached hydrogen (secondary N) is 1. The van der Waals surface area contributed by atoms with E-state index < -0.39 is 0 Å². The van der Waals surface area contributed by atoms with E-state index in [2.05, 4.69) is 5.32 Å². The van der Waals surface area contributed by atoms with Crippen molar-refractivity contribution in [2.75, 3.05) is 7.05 Å². The average Bonchev–Trinajstić information content (AvgIpc) is 2.43. The molecule has 0 bridgehead atoms. The lowest BCUT2D eigenvalue weighted by Gasteiger charge is -2.07. The first kappa shape index (κ1) is 7.29. The standard InChI is InChI=1S/C9H15NO/c1-10-8-2-6-4-9(11)5-7(6)3-8/h6-8,10H,2-5H2,1H3/t6-,7+,8?. The van der Waals surface area contributed by atoms with Gasteiger partial charge >= 0.3 is 0 Å². The van der Waals surface area contributed by atoms with Gasteiger partial charge < -0.3 is 5.32 Å². The minimum Gasteiger partial charge on any atom is -0.317 e. The Labute approximate surface area is 67.4 Å². The average molecular weight is 153 g/mol. The molecule has 1 N–H and O–H groups in total. The SMILES string of the molecule is CNC1C[C@H]2CC(=O)C[C@H]2C1. The zero-order valence-corrected chi connectivity index (χ0v) is 6.97. The molecule has 2 heteroatoms. The molecule has 0 aromatic rings. The van der Waals surface area contributed by atoms with Crippen molar-refractivity contribution >= 4 is 5.78 Å². The monoisotopic (exact) mass is 153 g/mol. The van der Waals surface area contributed by atoms with Crippen LogP contribution in [-0.4, -0.2) is 18.9 Å². The summed E-state index contributed by atoms with van der Waals surface area (Å²) in [6.07, 6.45) is 4.19. The van der Waals surface area contributed by atoms with E-state index in [0.29, 0.717) is 11.8 Å². The molecule has 2 nitrogen and oxygen atoms in total. The van der Waals surface area contributed by atoms with Gasteiger partial charge in [0, 0.05) is 18.9 Å². The lowest BCUT2D eigenvalue weighted by molar-refractivity contribution is -0.117. The summed E-state index contributed by atoms with van der Waals surface area (Å²) in [6.45, 7) is 0. The Morgan fingerprint density at radius 2 is 1.82 bits per heavy atom. The second-order valence-electron chi connectivity index (χ2n) is 3.92. The summed E-state index contributed by atoms with van der Waals surface area (Å²) in [7, 11) is 2.02. The molecule has 2 saturated carbocycles. The van der Waals surface area contributed by atoms with Gasteiger partial charge in [0.15, 0.2) is 0 Å². The van der Waals surface area contributed by atoms with E-state index in [4.69, 9.17) is 0 Å². The molecule has 0 aromatic heterocycles. The Bertz CT molecular complexity index is 162. The number of Topliss-reactive ketones (excluding diaryl/α,β-unsaturated/α-hetero) is 1. The predicted molar refractivity (Wildman–Crippen MR) is 43.3 cm³/mol. The molecule has 0 aliphatic heterocycles. The van der Waals surface area contributed by atoms with Gasteiger partial charge in [-0.1, -0.05) is 0 Å². The Morgan fingerprint density at radius 3 is 2.27 bits per heavy atom. The van der Waals surface area contributed by atoms with Gasteiger partial charge in [-0.25, -0.2) is 0 Å². The van der Waals surface area contributed by atoms with Crippen molar-refractivity contribution in [3.8, 4) is 0 Å². The third kappa shape index (κ3) is 1.20. The summed E-state index contributed by atoms with van der Waals surface area (Å²) in [5, 5.41) is 3.30. The summed E-state index contributed by atoms with van der Waals surface area (Å²) in [4.78, 5) is 11.0. The molecule has 0 spiro atoms. The molecule has 1 unspecified atom stereocenters. The highest BCUT2D eigenvalue weighted by molar-refractivity contribution is 5.81. The van der Waals surface area contributed by atoms with E-state index in [1.807, 2.05) is 7.05 Å². The first-order valence-electron chi connectivity index (χ1n) is 4.48. The van der Waals surface area contributed by atoms with E-state index in [0.717, 1.165) is 24.7 Å². The van der Waals surface area contributed by atoms with Crippen LogP contribution in [0.4, 0.5) is 0 Å². The maximum absolute atomic E-state index is 11.0. The molecular weight excluding hydrogens is 138 g/mol. The van der Waals surface area contributed by atoms with Crippen LogP contribution < -0.4 is 5.32 Å². The molecule has 3 atom stereocenters. The topological polar surface area (TPSA) is 29.1 Å². The fourth-order valence-electron chi connectivity index (χ4n) is 2.62. The van der Waals surface area contributed by atoms with Crippen LogP contribution in [0.15, 0.2) is 0 Å². The zero-order chi connectivity index (χ0) is 7.84. The molecule has 2 aliphatic rings. The number of rotatable bonds is 1. The summed E-state index contributed by atoms with van der Waals surface area (Å²) >= 11 is 0. The summed E-state index contributed by atoms with van der Waals surface area (Å²) in [5.41, 5.74) is 0. The van der Waals surface area contributed by atoms with Crippen molar-refractivity contribution in [3.05, 3.63) is 0 Å². The van der Waals surface area contributed by atoms with Crippen LogP contribution >= 0.6 is 0 Å². The van der Waals surface area contributed by atoms with Gasteiger partial charge in [0.2, 0.25) is 0 Å². The number of carbonyl (C=O) groups is 1. The molecule has 11 heavy (non-hydrogen) atoms. The molecule has 2 fully saturated rings. The fourth-order valence-corrected chi connectivity index (χ4v) is 2.62. The second-order valence-corrected chi connectivity index (χ2v) is 3.92. The molecule has 0 aromatic carbocycles. The van der Waals surface area contributed by atoms with E-state index in [9.17, 15) is 4.79 Å². The first-order valence-corrected chi connectivity index (χ1v) is 4.48. The molecule has 0 saturated heterocycles. The highest BCUT2D eigenvalue weighted by Gasteiger charge is 2.40. The number of hydrogen-bond donors (Lipinski definition) is 1. The largest absolute Gasteiger partial charge is 0.317 e. The Morgan fingerprint density at radius 1 is 1.27 bits per heavy atom. The van der Waals surface area contributed by atoms with Gasteiger partial charge in [-0.05, 0) is 31.7 Å². The maximum Gasteiger partial charge on any atom is 0.133 e. The maximum atomic E-state index is 11.0. The summed E-state index contributed by atoms with van der Waals surface area (Å²) in [5.74, 6) is 1.94. The van der Waals surface area contributed by atoms with Crippen LogP contribution in [0.1, 0.15) is 25.7 Å². The van der Waals surface area contributed by atoms with Crippen LogP contribution in [0.3, 0.4) is 0 Å². The minimum absolute atomic E-state index is 0.495. The van der Waals surface area contributed by atoms with Crippen LogP contribution in [0, 0.1) is 11.8 Å². The number of ketones is 1. The zero-order valence-electron chi connectivity index (χ0n) is 6.97. The summed E-state index contributed by atoms with van der Waals surface area (Å²) < 4.78 is 0. The van der Waals surface area contributed by atoms with Crippen molar-refractivity contribution in [1.82, 2.24) is 5.32 Å². The van der Waals surface area contributed by atoms with E-state index >= 15 is 0 Å². The van der Waals surface area contributed by atoms with Crippen LogP contribution in [-0.2, 0) is 4.79 Å². The third-order valence-corrected chi connectivity index (χ3v) is 3.23. The van der Waals surface area contributed by atoms with Crippen molar-refractivity contribution < 1.29 is 4.79 Å². The second kappa shape index (κ2) is 2.59. The van der Waals surface area contributed by atoms with Crippen molar-refractivity contribution in [2.24, 2.45) is 11.8 Å². The summed E-state index contributed by atoms with van der Waals surface area (Å²) in [6, 6.07) is 0.693. The first-order chi connectivity index (χ1) is 5.29. The molecule has 0 amide bonds. The Kier molecular flexibility index (Phi) is 1.72. The van der Waals surface area contributed by atoms with E-state index in [-0.39, 0.29) is 0 Å². The smallest absolute Gasteiger partial charge is 0.133 e. The van der Waals surface area contributed by atoms with E-state index in [1.54, 1.807) is 0 Å². The van der Waals surface area contributed by atoms with Crippen molar-refractivity contribution in [2.45, 2.75) is 31.7 Å². The van der Waals surface area contributed by atoms with Crippen LogP contribution in [0.25, 0.3) is 0 Å². The van der Waals surface area contributed by atoms with Crippen molar-refractivity contribution in [1.29, 1.82) is 0 Å². The molecule has 62 valence electrons. The lowest BCUT2D eigenvalue weighted by atomic mass is 10.0. The number of hydrogen-bond acceptors (Lipinski definition) is 2. The Balaban J connectivity index is 1.98. The van der Waals surface area contributed by atoms with Gasteiger partial charge in [-0.15, -0.1) is 0 Å². The fraction of sp³-hybridized carbons (Fsp3) is 0.889. The van der Waals surface area contributed by atoms with Gasteiger partial charge in [-0.2, -0.15) is 0 Å². The van der Waals surface area contributed by atoms with E-state index in [1.165, 1.54) is 12.8 Å². The molecule has 2 rings (SSSR count). The number of fused-ring (bicyclic) bond motifs is 1. The van der Waals surface area contributed by atoms with Gasteiger partial charge in [0.05, 0.1) is 0 Å². The minimum atomic E-state index is 0.495. The predicted octanol–water partition coefficient (Wildman–Crippen LogP) is 0.964. The van der Waals surface area contributed by atoms with Crippen LogP contribution in [0.2, 0.25) is 0 Å². The lowest BCUT2D eigenvalue weighted by Crippen LogP contribution is -2.22. The third-order valence-electron chi connectivity index (χ3n) is 3.23. The van der Waals surface area contributed by atoms with Crippen molar-refractivity contribution in [3.63, 3.8) is 0 Å². The van der Waals surface area contributed by atoms with Gasteiger partial charge in [0.1, 0.15) is 5.78 Å². The normalized spacial score (nSPS) is 43.0. The van der Waals surface area contributed by atoms with Gasteiger partial charge in [0.25, 0.3) is 0 Å². The molecule has 2 aliphatic carbocycles. The molecule has 0 radical (unpaired) electrons. The highest BCUT2D eigenvalue weighted by Crippen LogP contribution is 2.42.